The summed E-state index contributed by atoms with van der Waals surface area (Å²) in [6.45, 7) is 13.1. The third-order valence-corrected chi connectivity index (χ3v) is 11.7. The number of carbonyl (C=O) groups is 4. The van der Waals surface area contributed by atoms with Crippen molar-refractivity contribution in [3.8, 4) is 33.6 Å². The van der Waals surface area contributed by atoms with Gasteiger partial charge in [0.2, 0.25) is 11.8 Å². The molecular weight excluding hydrogens is 737 g/mol. The fourth-order valence-corrected chi connectivity index (χ4v) is 8.68. The van der Waals surface area contributed by atoms with Crippen molar-refractivity contribution in [2.24, 2.45) is 11.8 Å². The number of hydrogen-bond donors (Lipinski definition) is 4. The highest BCUT2D eigenvalue weighted by atomic mass is 16.5. The van der Waals surface area contributed by atoms with Gasteiger partial charge in [0, 0.05) is 24.2 Å². The van der Waals surface area contributed by atoms with Gasteiger partial charge in [0.15, 0.2) is 0 Å². The first-order valence-corrected chi connectivity index (χ1v) is 20.2. The minimum absolute atomic E-state index is 0.116. The Kier molecular flexibility index (Phi) is 11.5. The van der Waals surface area contributed by atoms with Crippen LogP contribution in [0.15, 0.2) is 54.4 Å². The predicted molar refractivity (Wildman–Crippen MR) is 220 cm³/mol. The molecule has 2 saturated heterocycles. The molecule has 4 atom stereocenters. The molecule has 2 aliphatic heterocycles. The molecule has 0 radical (unpaired) electrons. The van der Waals surface area contributed by atoms with E-state index in [2.05, 4.69) is 70.8 Å². The first kappa shape index (κ1) is 40.3. The Hall–Kier alpha value is -5.92. The first-order chi connectivity index (χ1) is 27.8. The Balaban J connectivity index is 1.11. The summed E-state index contributed by atoms with van der Waals surface area (Å²) < 4.78 is 9.58. The molecule has 306 valence electrons. The largest absolute Gasteiger partial charge is 0.453 e. The number of aromatic nitrogens is 4. The molecule has 7 rings (SSSR count). The third-order valence-electron chi connectivity index (χ3n) is 11.7. The number of carbonyl (C=O) groups excluding carboxylic acids is 4. The zero-order valence-corrected chi connectivity index (χ0v) is 34.6. The molecule has 0 bridgehead atoms. The van der Waals surface area contributed by atoms with Crippen LogP contribution in [0.5, 0.6) is 0 Å². The van der Waals surface area contributed by atoms with Gasteiger partial charge in [0.05, 0.1) is 50.1 Å². The zero-order chi connectivity index (χ0) is 41.4. The molecule has 2 aromatic carbocycles. The number of imidazole rings is 2. The summed E-state index contributed by atoms with van der Waals surface area (Å²) in [5.41, 5.74) is 10.6. The van der Waals surface area contributed by atoms with Crippen LogP contribution in [0, 0.1) is 11.8 Å². The van der Waals surface area contributed by atoms with Crippen molar-refractivity contribution in [3.05, 3.63) is 77.1 Å². The number of nitrogens with zero attached hydrogens (tertiary/aromatic N) is 4. The Morgan fingerprint density at radius 1 is 0.672 bits per heavy atom. The van der Waals surface area contributed by atoms with Crippen molar-refractivity contribution in [2.75, 3.05) is 27.3 Å². The number of alkyl carbamates (subject to hydrolysis) is 2. The van der Waals surface area contributed by atoms with E-state index in [9.17, 15) is 19.2 Å². The number of aromatic amines is 2. The minimum Gasteiger partial charge on any atom is -0.453 e. The lowest BCUT2D eigenvalue weighted by atomic mass is 9.96. The second-order valence-corrected chi connectivity index (χ2v) is 16.4. The molecule has 3 aliphatic rings. The van der Waals surface area contributed by atoms with Crippen LogP contribution in [0.4, 0.5) is 9.59 Å². The average molecular weight is 791 g/mol. The molecule has 2 aromatic heterocycles. The SMILES string of the molecule is COC(=O)NC(C(=O)N1CCC[C@H]1c1ncc(-c2ccc3c(c2)C(=C(C)C)c2cc(-c4cnc([C@@H]5CCCN5C(=O)[C@@H](NC(=O)OC)C(C)C)[nH]4)ccc2-3)[nH]1)C(C)C. The molecule has 1 unspecified atom stereocenters. The standard InChI is InChI=1S/C44H54N8O6/c1-23(2)36-30-19-26(32-21-45-39(47-32)34-11-9-17-51(34)41(53)37(24(3)4)49-43(55)57-7)13-15-28(30)29-16-14-27(20-31(29)36)33-22-46-40(48-33)35-12-10-18-52(35)42(54)38(25(5)6)50-44(56)58-8/h13-16,19-22,24-25,34-35,37-38H,9-12,17-18H2,1-8H3,(H,45,47)(H,46,48)(H,49,55)(H,50,56)/t34-,35-,37-,38?/m0/s1. The van der Waals surface area contributed by atoms with E-state index in [1.165, 1.54) is 25.4 Å². The van der Waals surface area contributed by atoms with Crippen LogP contribution >= 0.6 is 0 Å². The maximum atomic E-state index is 13.7. The van der Waals surface area contributed by atoms with E-state index < -0.39 is 24.3 Å². The summed E-state index contributed by atoms with van der Waals surface area (Å²) in [6, 6.07) is 11.1. The van der Waals surface area contributed by atoms with E-state index in [0.29, 0.717) is 13.1 Å². The summed E-state index contributed by atoms with van der Waals surface area (Å²) >= 11 is 0. The van der Waals surface area contributed by atoms with Gasteiger partial charge in [0.25, 0.3) is 0 Å². The van der Waals surface area contributed by atoms with Crippen molar-refractivity contribution >= 4 is 29.6 Å². The van der Waals surface area contributed by atoms with Crippen LogP contribution in [0.1, 0.15) is 102 Å². The fraction of sp³-hybridized carbons (Fsp3) is 0.455. The maximum absolute atomic E-state index is 13.7. The Morgan fingerprint density at radius 3 is 1.45 bits per heavy atom. The molecule has 2 fully saturated rings. The highest BCUT2D eigenvalue weighted by Crippen LogP contribution is 2.48. The van der Waals surface area contributed by atoms with Crippen molar-refractivity contribution in [3.63, 3.8) is 0 Å². The number of benzene rings is 2. The number of amides is 4. The number of methoxy groups -OCH3 is 2. The molecule has 4 aromatic rings. The van der Waals surface area contributed by atoms with Crippen molar-refractivity contribution in [2.45, 2.75) is 91.4 Å². The quantitative estimate of drug-likeness (QED) is 0.113. The normalized spacial score (nSPS) is 18.3. The van der Waals surface area contributed by atoms with Crippen molar-refractivity contribution in [1.29, 1.82) is 0 Å². The zero-order valence-electron chi connectivity index (χ0n) is 34.6. The predicted octanol–water partition coefficient (Wildman–Crippen LogP) is 7.38. The van der Waals surface area contributed by atoms with E-state index in [4.69, 9.17) is 19.4 Å². The topological polar surface area (TPSA) is 175 Å². The average Bonchev–Trinajstić information content (AvgIpc) is 4.05. The van der Waals surface area contributed by atoms with Crippen molar-refractivity contribution in [1.82, 2.24) is 40.4 Å². The van der Waals surface area contributed by atoms with E-state index in [0.717, 1.165) is 82.1 Å². The van der Waals surface area contributed by atoms with Gasteiger partial charge < -0.3 is 39.9 Å². The summed E-state index contributed by atoms with van der Waals surface area (Å²) in [7, 11) is 2.59. The van der Waals surface area contributed by atoms with Gasteiger partial charge in [-0.2, -0.15) is 0 Å². The van der Waals surface area contributed by atoms with Crippen LogP contribution in [0.25, 0.3) is 39.2 Å². The number of H-pyrrole nitrogens is 2. The van der Waals surface area contributed by atoms with E-state index in [1.807, 2.05) is 49.9 Å². The van der Waals surface area contributed by atoms with Gasteiger partial charge in [-0.05, 0) is 91.3 Å². The molecular formula is C44H54N8O6. The number of nitrogens with one attached hydrogen (secondary N) is 4. The summed E-state index contributed by atoms with van der Waals surface area (Å²) in [5, 5.41) is 5.43. The molecule has 1 aliphatic carbocycles. The van der Waals surface area contributed by atoms with Crippen LogP contribution in [0.3, 0.4) is 0 Å². The molecule has 4 heterocycles. The number of hydrogen-bond acceptors (Lipinski definition) is 8. The maximum Gasteiger partial charge on any atom is 0.407 e. The lowest BCUT2D eigenvalue weighted by Gasteiger charge is -2.30. The number of rotatable bonds is 10. The summed E-state index contributed by atoms with van der Waals surface area (Å²) in [6.07, 6.45) is 5.64. The summed E-state index contributed by atoms with van der Waals surface area (Å²) in [5.74, 6) is 0.925. The van der Waals surface area contributed by atoms with E-state index >= 15 is 0 Å². The van der Waals surface area contributed by atoms with Gasteiger partial charge >= 0.3 is 12.2 Å². The van der Waals surface area contributed by atoms with Crippen LogP contribution in [-0.4, -0.2) is 93.1 Å². The van der Waals surface area contributed by atoms with Crippen LogP contribution in [0.2, 0.25) is 0 Å². The molecule has 4 N–H and O–H groups in total. The van der Waals surface area contributed by atoms with Gasteiger partial charge in [0.1, 0.15) is 23.7 Å². The molecule has 0 spiro atoms. The molecule has 14 nitrogen and oxygen atoms in total. The first-order valence-electron chi connectivity index (χ1n) is 20.2. The number of allylic oxidation sites excluding steroid dienone is 1. The lowest BCUT2D eigenvalue weighted by Crippen LogP contribution is -2.51. The molecule has 4 amide bonds. The monoisotopic (exact) mass is 790 g/mol. The highest BCUT2D eigenvalue weighted by Gasteiger charge is 2.39. The van der Waals surface area contributed by atoms with Gasteiger partial charge in [-0.1, -0.05) is 57.5 Å². The van der Waals surface area contributed by atoms with Gasteiger partial charge in [-0.15, -0.1) is 0 Å². The van der Waals surface area contributed by atoms with E-state index in [1.54, 1.807) is 0 Å². The van der Waals surface area contributed by atoms with Gasteiger partial charge in [-0.25, -0.2) is 19.6 Å². The summed E-state index contributed by atoms with van der Waals surface area (Å²) in [4.78, 5) is 71.7. The number of likely N-dealkylation sites (tertiary alicyclic amines) is 2. The minimum atomic E-state index is -0.701. The molecule has 58 heavy (non-hydrogen) atoms. The van der Waals surface area contributed by atoms with Crippen LogP contribution < -0.4 is 10.6 Å². The van der Waals surface area contributed by atoms with Crippen LogP contribution in [-0.2, 0) is 19.1 Å². The second kappa shape index (κ2) is 16.5. The molecule has 14 heteroatoms. The second-order valence-electron chi connectivity index (χ2n) is 16.4. The van der Waals surface area contributed by atoms with E-state index in [-0.39, 0.29) is 35.7 Å². The fourth-order valence-electron chi connectivity index (χ4n) is 8.68. The third kappa shape index (κ3) is 7.59. The smallest absolute Gasteiger partial charge is 0.407 e. The Bertz CT molecular complexity index is 2100. The Labute approximate surface area is 339 Å². The van der Waals surface area contributed by atoms with Gasteiger partial charge in [-0.3, -0.25) is 9.59 Å². The Morgan fingerprint density at radius 2 is 1.09 bits per heavy atom. The molecule has 0 saturated carbocycles. The number of fused-ring (bicyclic) bond motifs is 3. The highest BCUT2D eigenvalue weighted by molar-refractivity contribution is 6.04. The lowest BCUT2D eigenvalue weighted by molar-refractivity contribution is -0.136. The number of ether oxygens (including phenoxy) is 2. The van der Waals surface area contributed by atoms with Crippen molar-refractivity contribution < 1.29 is 28.7 Å².